The Hall–Kier alpha value is -3.68. The molecule has 0 saturated heterocycles. The normalized spacial score (nSPS) is 16.7. The number of nitrogens with one attached hydrogen (secondary N) is 1. The minimum Gasteiger partial charge on any atom is -0.360 e. The summed E-state index contributed by atoms with van der Waals surface area (Å²) in [5.74, 6) is -1.53. The molecule has 0 unspecified atom stereocenters. The first kappa shape index (κ1) is 23.0. The largest absolute Gasteiger partial charge is 0.417 e. The summed E-state index contributed by atoms with van der Waals surface area (Å²) in [6.07, 6.45) is -4.17. The lowest BCUT2D eigenvalue weighted by Gasteiger charge is -2.35. The number of nitrogens with zero attached hydrogens (tertiary/aromatic N) is 4. The summed E-state index contributed by atoms with van der Waals surface area (Å²) in [6, 6.07) is 5.33. The summed E-state index contributed by atoms with van der Waals surface area (Å²) in [5.41, 5.74) is -1.58. The van der Waals surface area contributed by atoms with Crippen LogP contribution in [0.5, 0.6) is 0 Å². The predicted molar refractivity (Wildman–Crippen MR) is 109 cm³/mol. The minimum atomic E-state index is -4.78. The van der Waals surface area contributed by atoms with Crippen LogP contribution in [-0.2, 0) is 15.8 Å². The monoisotopic (exact) mass is 449 g/mol. The quantitative estimate of drug-likeness (QED) is 0.569. The predicted octanol–water partition coefficient (Wildman–Crippen LogP) is 3.27. The fraction of sp³-hybridized carbons (Fsp3) is 0.333. The number of hydrogen-bond donors (Lipinski definition) is 1. The van der Waals surface area contributed by atoms with Gasteiger partial charge in [0.05, 0.1) is 23.5 Å². The summed E-state index contributed by atoms with van der Waals surface area (Å²) >= 11 is 0. The number of pyridine rings is 1. The number of halogens is 4. The number of carbonyl (C=O) groups excluding carboxylic acids is 2. The molecule has 1 atom stereocenters. The smallest absolute Gasteiger partial charge is 0.360 e. The van der Waals surface area contributed by atoms with Crippen molar-refractivity contribution in [1.82, 2.24) is 4.98 Å². The summed E-state index contributed by atoms with van der Waals surface area (Å²) in [6.45, 7) is 1.26. The number of fused-ring (bicyclic) bond motifs is 1. The van der Waals surface area contributed by atoms with Gasteiger partial charge in [-0.05, 0) is 31.5 Å². The van der Waals surface area contributed by atoms with Crippen LogP contribution >= 0.6 is 0 Å². The molecule has 1 aliphatic rings. The van der Waals surface area contributed by atoms with Crippen molar-refractivity contribution >= 4 is 29.4 Å². The van der Waals surface area contributed by atoms with Gasteiger partial charge in [0.2, 0.25) is 5.91 Å². The number of hydrogen-bond acceptors (Lipinski definition) is 6. The highest BCUT2D eigenvalue weighted by Crippen LogP contribution is 2.36. The van der Waals surface area contributed by atoms with Gasteiger partial charge in [0.25, 0.3) is 0 Å². The third-order valence-electron chi connectivity index (χ3n) is 5.13. The van der Waals surface area contributed by atoms with Crippen LogP contribution in [0.2, 0.25) is 0 Å². The topological polar surface area (TPSA) is 89.3 Å². The number of amides is 1. The first-order chi connectivity index (χ1) is 15.1. The third kappa shape index (κ3) is 4.34. The Morgan fingerprint density at radius 2 is 2.09 bits per heavy atom. The van der Waals surface area contributed by atoms with Crippen LogP contribution in [0.1, 0.15) is 23.2 Å². The van der Waals surface area contributed by atoms with Crippen LogP contribution in [0.25, 0.3) is 0 Å². The summed E-state index contributed by atoms with van der Waals surface area (Å²) in [5, 5.41) is 12.0. The maximum absolute atomic E-state index is 14.5. The zero-order chi connectivity index (χ0) is 23.6. The Morgan fingerprint density at radius 1 is 1.38 bits per heavy atom. The van der Waals surface area contributed by atoms with Gasteiger partial charge >= 0.3 is 6.18 Å². The first-order valence-electron chi connectivity index (χ1n) is 9.58. The Balaban J connectivity index is 2.05. The molecule has 32 heavy (non-hydrogen) atoms. The molecule has 1 aliphatic heterocycles. The van der Waals surface area contributed by atoms with E-state index in [4.69, 9.17) is 0 Å². The van der Waals surface area contributed by atoms with Crippen molar-refractivity contribution in [2.24, 2.45) is 0 Å². The average molecular weight is 449 g/mol. The fourth-order valence-electron chi connectivity index (χ4n) is 3.65. The number of benzene rings is 1. The number of aryl methyl sites for hydroxylation is 1. The fourth-order valence-corrected chi connectivity index (χ4v) is 3.65. The number of anilines is 3. The van der Waals surface area contributed by atoms with Crippen LogP contribution in [0.3, 0.4) is 0 Å². The number of rotatable bonds is 4. The second kappa shape index (κ2) is 8.82. The number of aromatic nitrogens is 1. The minimum absolute atomic E-state index is 0.0143. The molecule has 2 heterocycles. The molecule has 7 nitrogen and oxygen atoms in total. The highest BCUT2D eigenvalue weighted by molar-refractivity contribution is 6.01. The van der Waals surface area contributed by atoms with Gasteiger partial charge in [0.1, 0.15) is 35.6 Å². The maximum atomic E-state index is 14.5. The summed E-state index contributed by atoms with van der Waals surface area (Å²) < 4.78 is 54.8. The van der Waals surface area contributed by atoms with Crippen LogP contribution in [0, 0.1) is 24.1 Å². The highest BCUT2D eigenvalue weighted by Gasteiger charge is 2.37. The molecule has 1 N–H and O–H groups in total. The van der Waals surface area contributed by atoms with Gasteiger partial charge in [0, 0.05) is 19.3 Å². The van der Waals surface area contributed by atoms with Crippen molar-refractivity contribution in [1.29, 1.82) is 5.26 Å². The lowest BCUT2D eigenvalue weighted by Crippen LogP contribution is -2.46. The van der Waals surface area contributed by atoms with E-state index < -0.39 is 35.1 Å². The summed E-state index contributed by atoms with van der Waals surface area (Å²) in [4.78, 5) is 30.9. The standard InChI is InChI=1S/C21H19F4N5O2/c1-12-10-14(21(23,24)25)13(11-26)19(27-12)28-16-6-7-30(8-9-31)18-15(22)4-3-5-17(18)29(2)20(16)32/h3-5,9-10,16H,6-8H2,1-2H3,(H,27,28)/t16-/m0/s1. The highest BCUT2D eigenvalue weighted by atomic mass is 19.4. The van der Waals surface area contributed by atoms with Gasteiger partial charge in [-0.3, -0.25) is 4.79 Å². The van der Waals surface area contributed by atoms with Crippen molar-refractivity contribution in [2.75, 3.05) is 35.3 Å². The molecule has 11 heteroatoms. The van der Waals surface area contributed by atoms with Crippen LogP contribution < -0.4 is 15.1 Å². The first-order valence-corrected chi connectivity index (χ1v) is 9.58. The van der Waals surface area contributed by atoms with E-state index in [1.807, 2.05) is 0 Å². The number of likely N-dealkylation sites (N-methyl/N-ethyl adjacent to an activating group) is 1. The molecular weight excluding hydrogens is 430 g/mol. The van der Waals surface area contributed by atoms with Crippen LogP contribution in [0.15, 0.2) is 24.3 Å². The third-order valence-corrected chi connectivity index (χ3v) is 5.13. The SMILES string of the molecule is Cc1cc(C(F)(F)F)c(C#N)c(N[C@H]2CCN(CC=O)c3c(F)cccc3N(C)C2=O)n1. The number of alkyl halides is 3. The summed E-state index contributed by atoms with van der Waals surface area (Å²) in [7, 11) is 1.40. The van der Waals surface area contributed by atoms with E-state index in [1.54, 1.807) is 0 Å². The second-order valence-electron chi connectivity index (χ2n) is 7.25. The second-order valence-corrected chi connectivity index (χ2v) is 7.25. The molecule has 0 saturated carbocycles. The zero-order valence-electron chi connectivity index (χ0n) is 17.2. The van der Waals surface area contributed by atoms with Gasteiger partial charge in [0.15, 0.2) is 0 Å². The molecule has 1 amide bonds. The Bertz CT molecular complexity index is 1100. The molecule has 168 valence electrons. The molecule has 0 fully saturated rings. The number of aldehydes is 1. The Labute approximate surface area is 181 Å². The lowest BCUT2D eigenvalue weighted by atomic mass is 10.0. The molecule has 0 aliphatic carbocycles. The van der Waals surface area contributed by atoms with Crippen molar-refractivity contribution < 1.29 is 27.2 Å². The number of carbonyl (C=O) groups is 2. The van der Waals surface area contributed by atoms with Gasteiger partial charge in [-0.15, -0.1) is 0 Å². The van der Waals surface area contributed by atoms with E-state index in [0.29, 0.717) is 6.29 Å². The van der Waals surface area contributed by atoms with E-state index in [0.717, 1.165) is 6.07 Å². The van der Waals surface area contributed by atoms with Gasteiger partial charge in [-0.2, -0.15) is 18.4 Å². The molecule has 1 aromatic carbocycles. The van der Waals surface area contributed by atoms with Gasteiger partial charge in [-0.1, -0.05) is 6.07 Å². The van der Waals surface area contributed by atoms with Crippen LogP contribution in [-0.4, -0.2) is 43.4 Å². The Morgan fingerprint density at radius 3 is 2.72 bits per heavy atom. The molecule has 0 bridgehead atoms. The van der Waals surface area contributed by atoms with Crippen molar-refractivity contribution in [3.05, 3.63) is 46.9 Å². The van der Waals surface area contributed by atoms with Gasteiger partial charge in [-0.25, -0.2) is 9.37 Å². The number of nitriles is 1. The van der Waals surface area contributed by atoms with Gasteiger partial charge < -0.3 is 19.9 Å². The van der Waals surface area contributed by atoms with Crippen molar-refractivity contribution in [3.8, 4) is 6.07 Å². The van der Waals surface area contributed by atoms with E-state index in [9.17, 15) is 32.4 Å². The molecule has 1 aromatic heterocycles. The lowest BCUT2D eigenvalue weighted by molar-refractivity contribution is -0.137. The molecular formula is C21H19F4N5O2. The molecule has 3 rings (SSSR count). The average Bonchev–Trinajstić information content (AvgIpc) is 2.73. The van der Waals surface area contributed by atoms with E-state index in [-0.39, 0.29) is 42.4 Å². The number of para-hydroxylation sites is 1. The van der Waals surface area contributed by atoms with Crippen molar-refractivity contribution in [2.45, 2.75) is 25.6 Å². The molecule has 2 aromatic rings. The van der Waals surface area contributed by atoms with E-state index in [1.165, 1.54) is 48.0 Å². The van der Waals surface area contributed by atoms with E-state index >= 15 is 0 Å². The van der Waals surface area contributed by atoms with Crippen molar-refractivity contribution in [3.63, 3.8) is 0 Å². The van der Waals surface area contributed by atoms with Crippen LogP contribution in [0.4, 0.5) is 34.8 Å². The van der Waals surface area contributed by atoms with E-state index in [2.05, 4.69) is 10.3 Å². The molecule has 0 spiro atoms. The maximum Gasteiger partial charge on any atom is 0.417 e. The zero-order valence-corrected chi connectivity index (χ0v) is 17.2. The molecule has 0 radical (unpaired) electrons. The Kier molecular flexibility index (Phi) is 6.34.